The molecule has 1 aliphatic heterocycles. The van der Waals surface area contributed by atoms with Crippen LogP contribution in [0.4, 0.5) is 15.8 Å². The number of nitrogens with one attached hydrogen (secondary N) is 1. The largest absolute Gasteiger partial charge is 0.497 e. The molecule has 1 N–H and O–H groups in total. The SMILES string of the molecule is COc1ccc(N2C(=O)C(Cl)=C(Nc3ccc(F)c(Cl)c3)C2=O)cc1. The maximum Gasteiger partial charge on any atom is 0.283 e. The molecular formula is C17H11Cl2FN2O3. The fourth-order valence-electron chi connectivity index (χ4n) is 2.30. The molecular weight excluding hydrogens is 370 g/mol. The molecule has 0 saturated carbocycles. The minimum atomic E-state index is -0.660. The molecule has 0 fully saturated rings. The number of anilines is 2. The van der Waals surface area contributed by atoms with E-state index in [1.165, 1.54) is 19.2 Å². The van der Waals surface area contributed by atoms with Gasteiger partial charge in [0.15, 0.2) is 0 Å². The second-order valence-electron chi connectivity index (χ2n) is 5.09. The molecule has 0 radical (unpaired) electrons. The van der Waals surface area contributed by atoms with Crippen LogP contribution in [0.1, 0.15) is 0 Å². The van der Waals surface area contributed by atoms with Crippen LogP contribution >= 0.6 is 23.2 Å². The first-order valence-electron chi connectivity index (χ1n) is 7.07. The second-order valence-corrected chi connectivity index (χ2v) is 5.87. The lowest BCUT2D eigenvalue weighted by Crippen LogP contribution is -2.32. The molecule has 2 aromatic carbocycles. The number of hydrogen-bond acceptors (Lipinski definition) is 4. The number of nitrogens with zero attached hydrogens (tertiary/aromatic N) is 1. The zero-order valence-electron chi connectivity index (χ0n) is 12.8. The number of benzene rings is 2. The van der Waals surface area contributed by atoms with Crippen LogP contribution in [0.5, 0.6) is 5.75 Å². The van der Waals surface area contributed by atoms with Crippen LogP contribution in [-0.4, -0.2) is 18.9 Å². The first-order valence-corrected chi connectivity index (χ1v) is 7.82. The lowest BCUT2D eigenvalue weighted by molar-refractivity contribution is -0.120. The van der Waals surface area contributed by atoms with Gasteiger partial charge in [-0.15, -0.1) is 0 Å². The van der Waals surface area contributed by atoms with E-state index in [1.54, 1.807) is 24.3 Å². The monoisotopic (exact) mass is 380 g/mol. The molecule has 2 amide bonds. The summed E-state index contributed by atoms with van der Waals surface area (Å²) in [5, 5.41) is 2.34. The summed E-state index contributed by atoms with van der Waals surface area (Å²) >= 11 is 11.7. The molecule has 5 nitrogen and oxygen atoms in total. The van der Waals surface area contributed by atoms with Crippen molar-refractivity contribution in [3.8, 4) is 5.75 Å². The van der Waals surface area contributed by atoms with Gasteiger partial charge in [-0.25, -0.2) is 9.29 Å². The number of rotatable bonds is 4. The van der Waals surface area contributed by atoms with Crippen molar-refractivity contribution in [3.05, 3.63) is 64.0 Å². The van der Waals surface area contributed by atoms with E-state index in [-0.39, 0.29) is 15.8 Å². The van der Waals surface area contributed by atoms with Crippen LogP contribution in [0.3, 0.4) is 0 Å². The van der Waals surface area contributed by atoms with Crippen molar-refractivity contribution >= 4 is 46.4 Å². The molecule has 128 valence electrons. The molecule has 0 atom stereocenters. The van der Waals surface area contributed by atoms with E-state index in [4.69, 9.17) is 27.9 Å². The van der Waals surface area contributed by atoms with Gasteiger partial charge in [-0.05, 0) is 42.5 Å². The van der Waals surface area contributed by atoms with Crippen molar-refractivity contribution in [2.45, 2.75) is 0 Å². The van der Waals surface area contributed by atoms with Crippen LogP contribution in [-0.2, 0) is 9.59 Å². The minimum Gasteiger partial charge on any atom is -0.497 e. The fraction of sp³-hybridized carbons (Fsp3) is 0.0588. The van der Waals surface area contributed by atoms with Crippen molar-refractivity contribution in [3.63, 3.8) is 0 Å². The number of amides is 2. The van der Waals surface area contributed by atoms with E-state index < -0.39 is 17.6 Å². The lowest BCUT2D eigenvalue weighted by atomic mass is 10.2. The molecule has 0 spiro atoms. The topological polar surface area (TPSA) is 58.6 Å². The van der Waals surface area contributed by atoms with Crippen LogP contribution in [0.25, 0.3) is 0 Å². The molecule has 0 saturated heterocycles. The zero-order chi connectivity index (χ0) is 18.1. The molecule has 8 heteroatoms. The number of methoxy groups -OCH3 is 1. The highest BCUT2D eigenvalue weighted by Crippen LogP contribution is 2.31. The fourth-order valence-corrected chi connectivity index (χ4v) is 2.69. The molecule has 3 rings (SSSR count). The van der Waals surface area contributed by atoms with Gasteiger partial charge in [0.1, 0.15) is 22.3 Å². The summed E-state index contributed by atoms with van der Waals surface area (Å²) in [7, 11) is 1.51. The van der Waals surface area contributed by atoms with Crippen molar-refractivity contribution in [1.82, 2.24) is 0 Å². The van der Waals surface area contributed by atoms with Crippen LogP contribution in [0.15, 0.2) is 53.2 Å². The molecule has 1 aliphatic rings. The number of halogens is 3. The Morgan fingerprint density at radius 1 is 1.04 bits per heavy atom. The third kappa shape index (κ3) is 3.18. The maximum atomic E-state index is 13.2. The summed E-state index contributed by atoms with van der Waals surface area (Å²) < 4.78 is 18.3. The number of carbonyl (C=O) groups excluding carboxylic acids is 2. The Labute approximate surface area is 152 Å². The Bertz CT molecular complexity index is 897. The van der Waals surface area contributed by atoms with Gasteiger partial charge in [0.2, 0.25) is 0 Å². The van der Waals surface area contributed by atoms with E-state index >= 15 is 0 Å². The average molecular weight is 381 g/mol. The smallest absolute Gasteiger partial charge is 0.283 e. The van der Waals surface area contributed by atoms with Gasteiger partial charge in [0.05, 0.1) is 17.8 Å². The molecule has 0 aliphatic carbocycles. The second kappa shape index (κ2) is 6.74. The van der Waals surface area contributed by atoms with Gasteiger partial charge in [-0.3, -0.25) is 9.59 Å². The summed E-state index contributed by atoms with van der Waals surface area (Å²) in [6.45, 7) is 0. The third-order valence-corrected chi connectivity index (χ3v) is 4.19. The van der Waals surface area contributed by atoms with Gasteiger partial charge in [0.25, 0.3) is 11.8 Å². The molecule has 1 heterocycles. The molecule has 0 aromatic heterocycles. The Hall–Kier alpha value is -2.57. The van der Waals surface area contributed by atoms with E-state index in [9.17, 15) is 14.0 Å². The van der Waals surface area contributed by atoms with Crippen LogP contribution in [0, 0.1) is 5.82 Å². The van der Waals surface area contributed by atoms with Gasteiger partial charge in [0, 0.05) is 5.69 Å². The molecule has 2 aromatic rings. The normalized spacial score (nSPS) is 14.3. The standard InChI is InChI=1S/C17H11Cl2FN2O3/c1-25-11-5-3-10(4-6-11)22-16(23)14(19)15(17(22)24)21-9-2-7-13(20)12(18)8-9/h2-8,21H,1H3. The lowest BCUT2D eigenvalue weighted by Gasteiger charge is -2.15. The first-order chi connectivity index (χ1) is 11.9. The summed E-state index contributed by atoms with van der Waals surface area (Å²) in [5.41, 5.74) is 0.574. The summed E-state index contributed by atoms with van der Waals surface area (Å²) in [6, 6.07) is 10.2. The molecule has 25 heavy (non-hydrogen) atoms. The maximum absolute atomic E-state index is 13.2. The van der Waals surface area contributed by atoms with Crippen molar-refractivity contribution in [1.29, 1.82) is 0 Å². The molecule has 0 bridgehead atoms. The Balaban J connectivity index is 1.89. The van der Waals surface area contributed by atoms with E-state index in [2.05, 4.69) is 5.32 Å². The molecule has 0 unspecified atom stereocenters. The predicted octanol–water partition coefficient (Wildman–Crippen LogP) is 3.92. The van der Waals surface area contributed by atoms with Crippen molar-refractivity contribution in [2.75, 3.05) is 17.3 Å². The van der Waals surface area contributed by atoms with E-state index in [1.807, 2.05) is 0 Å². The zero-order valence-corrected chi connectivity index (χ0v) is 14.4. The highest BCUT2D eigenvalue weighted by molar-refractivity contribution is 6.53. The van der Waals surface area contributed by atoms with Crippen LogP contribution in [0.2, 0.25) is 5.02 Å². The van der Waals surface area contributed by atoms with Crippen molar-refractivity contribution in [2.24, 2.45) is 0 Å². The summed E-state index contributed by atoms with van der Waals surface area (Å²) in [4.78, 5) is 25.9. The number of hydrogen-bond donors (Lipinski definition) is 1. The number of imide groups is 1. The third-order valence-electron chi connectivity index (χ3n) is 3.55. The average Bonchev–Trinajstić information content (AvgIpc) is 2.82. The van der Waals surface area contributed by atoms with Gasteiger partial charge < -0.3 is 10.1 Å². The van der Waals surface area contributed by atoms with E-state index in [0.29, 0.717) is 17.1 Å². The number of ether oxygens (including phenoxy) is 1. The highest BCUT2D eigenvalue weighted by atomic mass is 35.5. The summed E-state index contributed by atoms with van der Waals surface area (Å²) in [5.74, 6) is -1.30. The summed E-state index contributed by atoms with van der Waals surface area (Å²) in [6.07, 6.45) is 0. The van der Waals surface area contributed by atoms with Crippen molar-refractivity contribution < 1.29 is 18.7 Å². The number of carbonyl (C=O) groups is 2. The first kappa shape index (κ1) is 17.3. The van der Waals surface area contributed by atoms with Gasteiger partial charge in [-0.2, -0.15) is 0 Å². The Morgan fingerprint density at radius 2 is 1.72 bits per heavy atom. The quantitative estimate of drug-likeness (QED) is 0.816. The highest BCUT2D eigenvalue weighted by Gasteiger charge is 2.39. The van der Waals surface area contributed by atoms with Gasteiger partial charge >= 0.3 is 0 Å². The Kier molecular flexibility index (Phi) is 4.65. The predicted molar refractivity (Wildman–Crippen MR) is 93.4 cm³/mol. The Morgan fingerprint density at radius 3 is 2.32 bits per heavy atom. The minimum absolute atomic E-state index is 0.106. The van der Waals surface area contributed by atoms with Crippen LogP contribution < -0.4 is 15.0 Å². The van der Waals surface area contributed by atoms with Gasteiger partial charge in [-0.1, -0.05) is 23.2 Å². The van der Waals surface area contributed by atoms with E-state index in [0.717, 1.165) is 11.0 Å².